The molecule has 0 aromatic heterocycles. The Morgan fingerprint density at radius 2 is 1.76 bits per heavy atom. The Balaban J connectivity index is 2.00. The van der Waals surface area contributed by atoms with E-state index in [2.05, 4.69) is 0 Å². The highest BCUT2D eigenvalue weighted by atomic mass is 32.2. The predicted molar refractivity (Wildman–Crippen MR) is 96.9 cm³/mol. The molecule has 0 N–H and O–H groups in total. The Morgan fingerprint density at radius 1 is 1.12 bits per heavy atom. The largest absolute Gasteiger partial charge is 0.494 e. The van der Waals surface area contributed by atoms with Crippen molar-refractivity contribution in [2.75, 3.05) is 32.8 Å². The van der Waals surface area contributed by atoms with Crippen LogP contribution in [0.25, 0.3) is 0 Å². The maximum atomic E-state index is 12.7. The summed E-state index contributed by atoms with van der Waals surface area (Å²) in [6.45, 7) is 5.63. The highest BCUT2D eigenvalue weighted by Crippen LogP contribution is 2.21. The van der Waals surface area contributed by atoms with Crippen LogP contribution in [-0.4, -0.2) is 56.3 Å². The lowest BCUT2D eigenvalue weighted by molar-refractivity contribution is -0.127. The fourth-order valence-corrected chi connectivity index (χ4v) is 3.95. The highest BCUT2D eigenvalue weighted by molar-refractivity contribution is 7.89. The number of ether oxygens (including phenoxy) is 1. The standard InChI is InChI=1S/C18H24N2O4S/c1-3-5-6-7-18(21)19-12-14-20(15-13-19)25(22,23)17-10-8-16(9-11-17)24-4-2/h3,5-11H,4,12-15H2,1-2H3/b5-3+,7-6+. The maximum Gasteiger partial charge on any atom is 0.246 e. The molecule has 1 aromatic rings. The van der Waals surface area contributed by atoms with Gasteiger partial charge in [-0.2, -0.15) is 4.31 Å². The summed E-state index contributed by atoms with van der Waals surface area (Å²) in [5.41, 5.74) is 0. The average Bonchev–Trinajstić information content (AvgIpc) is 2.63. The van der Waals surface area contributed by atoms with Crippen LogP contribution in [0.4, 0.5) is 0 Å². The first-order valence-electron chi connectivity index (χ1n) is 8.30. The normalized spacial score (nSPS) is 16.6. The van der Waals surface area contributed by atoms with Crippen LogP contribution in [0, 0.1) is 0 Å². The van der Waals surface area contributed by atoms with E-state index in [9.17, 15) is 13.2 Å². The second-order valence-electron chi connectivity index (χ2n) is 5.52. The Bertz CT molecular complexity index is 731. The highest BCUT2D eigenvalue weighted by Gasteiger charge is 2.29. The molecular weight excluding hydrogens is 340 g/mol. The third-order valence-electron chi connectivity index (χ3n) is 3.87. The van der Waals surface area contributed by atoms with Crippen molar-refractivity contribution in [3.8, 4) is 5.75 Å². The molecule has 136 valence electrons. The van der Waals surface area contributed by atoms with Crippen molar-refractivity contribution in [2.45, 2.75) is 18.7 Å². The van der Waals surface area contributed by atoms with Crippen LogP contribution in [-0.2, 0) is 14.8 Å². The molecule has 1 aromatic carbocycles. The second kappa shape index (κ2) is 8.82. The molecule has 0 bridgehead atoms. The number of carbonyl (C=O) groups is 1. The SMILES string of the molecule is C/C=C/C=C/C(=O)N1CCN(S(=O)(=O)c2ccc(OCC)cc2)CC1. The summed E-state index contributed by atoms with van der Waals surface area (Å²) in [6.07, 6.45) is 6.80. The van der Waals surface area contributed by atoms with Gasteiger partial charge in [-0.15, -0.1) is 0 Å². The van der Waals surface area contributed by atoms with Crippen molar-refractivity contribution < 1.29 is 17.9 Å². The molecule has 1 heterocycles. The monoisotopic (exact) mass is 364 g/mol. The number of allylic oxidation sites excluding steroid dienone is 3. The van der Waals surface area contributed by atoms with Crippen molar-refractivity contribution in [3.63, 3.8) is 0 Å². The van der Waals surface area contributed by atoms with Gasteiger partial charge in [-0.25, -0.2) is 8.42 Å². The Hall–Kier alpha value is -2.12. The number of benzene rings is 1. The van der Waals surface area contributed by atoms with Crippen LogP contribution in [0.1, 0.15) is 13.8 Å². The Labute approximate surface area is 149 Å². The summed E-state index contributed by atoms with van der Waals surface area (Å²) in [6, 6.07) is 6.42. The molecule has 1 aliphatic heterocycles. The molecule has 0 saturated carbocycles. The summed E-state index contributed by atoms with van der Waals surface area (Å²) in [5.74, 6) is 0.543. The topological polar surface area (TPSA) is 66.9 Å². The summed E-state index contributed by atoms with van der Waals surface area (Å²) < 4.78 is 32.2. The number of piperazine rings is 1. The number of sulfonamides is 1. The van der Waals surface area contributed by atoms with Crippen LogP contribution in [0.3, 0.4) is 0 Å². The van der Waals surface area contributed by atoms with Crippen molar-refractivity contribution in [3.05, 3.63) is 48.6 Å². The average molecular weight is 364 g/mol. The van der Waals surface area contributed by atoms with Gasteiger partial charge in [0.25, 0.3) is 0 Å². The molecule has 1 saturated heterocycles. The van der Waals surface area contributed by atoms with E-state index in [1.54, 1.807) is 41.3 Å². The number of rotatable bonds is 6. The van der Waals surface area contributed by atoms with Gasteiger partial charge in [-0.05, 0) is 38.1 Å². The quantitative estimate of drug-likeness (QED) is 0.572. The van der Waals surface area contributed by atoms with Crippen LogP contribution in [0.2, 0.25) is 0 Å². The Morgan fingerprint density at radius 3 is 2.32 bits per heavy atom. The zero-order chi connectivity index (χ0) is 18.3. The van der Waals surface area contributed by atoms with Crippen LogP contribution >= 0.6 is 0 Å². The van der Waals surface area contributed by atoms with Crippen molar-refractivity contribution in [2.24, 2.45) is 0 Å². The van der Waals surface area contributed by atoms with Gasteiger partial charge in [0.05, 0.1) is 11.5 Å². The van der Waals surface area contributed by atoms with Gasteiger partial charge in [-0.1, -0.05) is 18.2 Å². The minimum Gasteiger partial charge on any atom is -0.494 e. The van der Waals surface area contributed by atoms with Gasteiger partial charge < -0.3 is 9.64 Å². The number of nitrogens with zero attached hydrogens (tertiary/aromatic N) is 2. The maximum absolute atomic E-state index is 12.7. The fraction of sp³-hybridized carbons (Fsp3) is 0.389. The first kappa shape index (κ1) is 19.2. The van der Waals surface area contributed by atoms with Gasteiger partial charge in [0.1, 0.15) is 5.75 Å². The van der Waals surface area contributed by atoms with E-state index in [4.69, 9.17) is 4.74 Å². The van der Waals surface area contributed by atoms with Crippen molar-refractivity contribution in [1.82, 2.24) is 9.21 Å². The van der Waals surface area contributed by atoms with Gasteiger partial charge in [0.2, 0.25) is 15.9 Å². The molecule has 0 unspecified atom stereocenters. The molecule has 6 nitrogen and oxygen atoms in total. The first-order valence-corrected chi connectivity index (χ1v) is 9.74. The summed E-state index contributed by atoms with van der Waals surface area (Å²) in [5, 5.41) is 0. The minimum atomic E-state index is -3.55. The predicted octanol–water partition coefficient (Wildman–Crippen LogP) is 2.05. The number of amides is 1. The van der Waals surface area contributed by atoms with Crippen molar-refractivity contribution >= 4 is 15.9 Å². The Kier molecular flexibility index (Phi) is 6.78. The summed E-state index contributed by atoms with van der Waals surface area (Å²) >= 11 is 0. The molecule has 7 heteroatoms. The third kappa shape index (κ3) is 4.93. The van der Waals surface area contributed by atoms with Crippen LogP contribution in [0.5, 0.6) is 5.75 Å². The van der Waals surface area contributed by atoms with Gasteiger partial charge >= 0.3 is 0 Å². The van der Waals surface area contributed by atoms with E-state index in [0.29, 0.717) is 38.5 Å². The number of carbonyl (C=O) groups excluding carboxylic acids is 1. The molecule has 1 aliphatic rings. The van der Waals surface area contributed by atoms with Gasteiger partial charge in [0.15, 0.2) is 0 Å². The molecule has 25 heavy (non-hydrogen) atoms. The molecule has 1 amide bonds. The smallest absolute Gasteiger partial charge is 0.246 e. The van der Waals surface area contributed by atoms with Crippen molar-refractivity contribution in [1.29, 1.82) is 0 Å². The summed E-state index contributed by atoms with van der Waals surface area (Å²) in [4.78, 5) is 13.9. The van der Waals surface area contributed by atoms with Gasteiger partial charge in [-0.3, -0.25) is 4.79 Å². The molecule has 1 fully saturated rings. The fourth-order valence-electron chi connectivity index (χ4n) is 2.53. The third-order valence-corrected chi connectivity index (χ3v) is 5.78. The van der Waals surface area contributed by atoms with Crippen LogP contribution in [0.15, 0.2) is 53.5 Å². The van der Waals surface area contributed by atoms with Gasteiger partial charge in [0, 0.05) is 32.3 Å². The molecule has 2 rings (SSSR count). The van der Waals surface area contributed by atoms with E-state index >= 15 is 0 Å². The first-order chi connectivity index (χ1) is 12.0. The zero-order valence-corrected chi connectivity index (χ0v) is 15.4. The molecule has 0 aliphatic carbocycles. The van der Waals surface area contributed by atoms with E-state index < -0.39 is 10.0 Å². The lowest BCUT2D eigenvalue weighted by Crippen LogP contribution is -2.50. The molecule has 0 atom stereocenters. The van der Waals surface area contributed by atoms with Crippen LogP contribution < -0.4 is 4.74 Å². The lowest BCUT2D eigenvalue weighted by Gasteiger charge is -2.33. The molecule has 0 spiro atoms. The van der Waals surface area contributed by atoms with E-state index in [1.807, 2.05) is 19.9 Å². The minimum absolute atomic E-state index is 0.101. The summed E-state index contributed by atoms with van der Waals surface area (Å²) in [7, 11) is -3.55. The van der Waals surface area contributed by atoms with E-state index in [1.165, 1.54) is 10.4 Å². The van der Waals surface area contributed by atoms with E-state index in [0.717, 1.165) is 0 Å². The lowest BCUT2D eigenvalue weighted by atomic mass is 10.3. The number of hydrogen-bond acceptors (Lipinski definition) is 4. The molecular formula is C18H24N2O4S. The number of hydrogen-bond donors (Lipinski definition) is 0. The second-order valence-corrected chi connectivity index (χ2v) is 7.46. The van der Waals surface area contributed by atoms with E-state index in [-0.39, 0.29) is 10.8 Å². The molecule has 0 radical (unpaired) electrons. The zero-order valence-electron chi connectivity index (χ0n) is 14.6.